The van der Waals surface area contributed by atoms with Gasteiger partial charge in [-0.15, -0.1) is 0 Å². The van der Waals surface area contributed by atoms with Crippen molar-refractivity contribution in [3.8, 4) is 11.5 Å². The molecule has 2 N–H and O–H groups in total. The summed E-state index contributed by atoms with van der Waals surface area (Å²) in [5.74, 6) is 1.94. The quantitative estimate of drug-likeness (QED) is 0.684. The fraction of sp³-hybridized carbons (Fsp3) is 0.368. The van der Waals surface area contributed by atoms with Crippen LogP contribution in [-0.4, -0.2) is 31.7 Å². The fourth-order valence-electron chi connectivity index (χ4n) is 2.33. The number of carbonyl (C=O) groups is 1. The van der Waals surface area contributed by atoms with Crippen LogP contribution in [-0.2, 0) is 6.54 Å². The number of hydrogen-bond donors (Lipinski definition) is 2. The van der Waals surface area contributed by atoms with Crippen molar-refractivity contribution >= 4 is 11.7 Å². The van der Waals surface area contributed by atoms with Crippen LogP contribution >= 0.6 is 0 Å². The molecule has 0 unspecified atom stereocenters. The SMILES string of the molecule is CCCCNC(=O)c1ccnc(NCc2ccc(OC)c(OC)c2)c1. The molecule has 6 heteroatoms. The maximum absolute atomic E-state index is 12.1. The summed E-state index contributed by atoms with van der Waals surface area (Å²) in [5, 5.41) is 6.13. The minimum absolute atomic E-state index is 0.0787. The summed E-state index contributed by atoms with van der Waals surface area (Å²) in [6, 6.07) is 9.19. The van der Waals surface area contributed by atoms with Crippen LogP contribution < -0.4 is 20.1 Å². The second kappa shape index (κ2) is 9.52. The van der Waals surface area contributed by atoms with Crippen molar-refractivity contribution in [2.75, 3.05) is 26.1 Å². The molecular weight excluding hydrogens is 318 g/mol. The lowest BCUT2D eigenvalue weighted by molar-refractivity contribution is 0.0953. The molecule has 0 saturated carbocycles. The number of amides is 1. The van der Waals surface area contributed by atoms with E-state index in [4.69, 9.17) is 9.47 Å². The van der Waals surface area contributed by atoms with Crippen LogP contribution in [0.5, 0.6) is 11.5 Å². The number of methoxy groups -OCH3 is 2. The monoisotopic (exact) mass is 343 g/mol. The Balaban J connectivity index is 1.99. The number of aromatic nitrogens is 1. The van der Waals surface area contributed by atoms with Gasteiger partial charge in [-0.05, 0) is 36.2 Å². The summed E-state index contributed by atoms with van der Waals surface area (Å²) in [5.41, 5.74) is 1.62. The van der Waals surface area contributed by atoms with Gasteiger partial charge in [0.25, 0.3) is 5.91 Å². The Morgan fingerprint density at radius 2 is 1.92 bits per heavy atom. The molecular formula is C19H25N3O3. The Labute approximate surface area is 148 Å². The highest BCUT2D eigenvalue weighted by Gasteiger charge is 2.07. The van der Waals surface area contributed by atoms with Gasteiger partial charge in [-0.3, -0.25) is 4.79 Å². The molecule has 134 valence electrons. The number of hydrogen-bond acceptors (Lipinski definition) is 5. The number of nitrogens with one attached hydrogen (secondary N) is 2. The number of benzene rings is 1. The van der Waals surface area contributed by atoms with Crippen molar-refractivity contribution < 1.29 is 14.3 Å². The van der Waals surface area contributed by atoms with E-state index in [1.807, 2.05) is 18.2 Å². The topological polar surface area (TPSA) is 72.5 Å². The van der Waals surface area contributed by atoms with E-state index in [9.17, 15) is 4.79 Å². The zero-order valence-electron chi connectivity index (χ0n) is 15.0. The molecule has 0 atom stereocenters. The lowest BCUT2D eigenvalue weighted by atomic mass is 10.2. The molecule has 0 aliphatic carbocycles. The molecule has 25 heavy (non-hydrogen) atoms. The summed E-state index contributed by atoms with van der Waals surface area (Å²) in [6.45, 7) is 3.34. The number of rotatable bonds is 9. The van der Waals surface area contributed by atoms with Gasteiger partial charge in [-0.2, -0.15) is 0 Å². The molecule has 2 rings (SSSR count). The lowest BCUT2D eigenvalue weighted by Gasteiger charge is -2.11. The molecule has 0 bridgehead atoms. The third-order valence-corrected chi connectivity index (χ3v) is 3.76. The highest BCUT2D eigenvalue weighted by atomic mass is 16.5. The Morgan fingerprint density at radius 3 is 2.64 bits per heavy atom. The van der Waals surface area contributed by atoms with E-state index in [-0.39, 0.29) is 5.91 Å². The molecule has 1 heterocycles. The molecule has 0 fully saturated rings. The third-order valence-electron chi connectivity index (χ3n) is 3.76. The van der Waals surface area contributed by atoms with Gasteiger partial charge in [0.2, 0.25) is 0 Å². The van der Waals surface area contributed by atoms with Gasteiger partial charge < -0.3 is 20.1 Å². The number of ether oxygens (including phenoxy) is 2. The van der Waals surface area contributed by atoms with Crippen LogP contribution in [0.3, 0.4) is 0 Å². The first-order valence-corrected chi connectivity index (χ1v) is 8.37. The van der Waals surface area contributed by atoms with Crippen LogP contribution in [0.4, 0.5) is 5.82 Å². The van der Waals surface area contributed by atoms with E-state index < -0.39 is 0 Å². The highest BCUT2D eigenvalue weighted by Crippen LogP contribution is 2.27. The van der Waals surface area contributed by atoms with E-state index >= 15 is 0 Å². The van der Waals surface area contributed by atoms with E-state index in [1.54, 1.807) is 32.5 Å². The minimum Gasteiger partial charge on any atom is -0.493 e. The largest absolute Gasteiger partial charge is 0.493 e. The standard InChI is InChI=1S/C19H25N3O3/c1-4-5-9-21-19(23)15-8-10-20-18(12-15)22-13-14-6-7-16(24-2)17(11-14)25-3/h6-8,10-12H,4-5,9,13H2,1-3H3,(H,20,22)(H,21,23). The molecule has 0 aliphatic rings. The Kier molecular flexibility index (Phi) is 7.07. The van der Waals surface area contributed by atoms with Crippen molar-refractivity contribution in [1.29, 1.82) is 0 Å². The van der Waals surface area contributed by atoms with Gasteiger partial charge in [0.15, 0.2) is 11.5 Å². The predicted molar refractivity (Wildman–Crippen MR) is 98.4 cm³/mol. The molecule has 0 saturated heterocycles. The molecule has 1 aromatic heterocycles. The maximum Gasteiger partial charge on any atom is 0.251 e. The normalized spacial score (nSPS) is 10.2. The lowest BCUT2D eigenvalue weighted by Crippen LogP contribution is -2.24. The second-order valence-electron chi connectivity index (χ2n) is 5.58. The van der Waals surface area contributed by atoms with Crippen molar-refractivity contribution in [2.24, 2.45) is 0 Å². The summed E-state index contributed by atoms with van der Waals surface area (Å²) < 4.78 is 10.5. The highest BCUT2D eigenvalue weighted by molar-refractivity contribution is 5.94. The molecule has 1 amide bonds. The van der Waals surface area contributed by atoms with E-state index in [1.165, 1.54) is 0 Å². The summed E-state index contributed by atoms with van der Waals surface area (Å²) in [6.07, 6.45) is 3.65. The van der Waals surface area contributed by atoms with Crippen LogP contribution in [0.15, 0.2) is 36.5 Å². The van der Waals surface area contributed by atoms with Crippen molar-refractivity contribution in [3.63, 3.8) is 0 Å². The number of pyridine rings is 1. The number of anilines is 1. The number of nitrogens with zero attached hydrogens (tertiary/aromatic N) is 1. The Bertz CT molecular complexity index is 704. The zero-order valence-corrected chi connectivity index (χ0v) is 15.0. The summed E-state index contributed by atoms with van der Waals surface area (Å²) in [7, 11) is 3.22. The van der Waals surface area contributed by atoms with Crippen molar-refractivity contribution in [1.82, 2.24) is 10.3 Å². The minimum atomic E-state index is -0.0787. The van der Waals surface area contributed by atoms with Gasteiger partial charge in [0.1, 0.15) is 5.82 Å². The van der Waals surface area contributed by atoms with Crippen LogP contribution in [0, 0.1) is 0 Å². The van der Waals surface area contributed by atoms with Gasteiger partial charge in [0.05, 0.1) is 14.2 Å². The molecule has 0 radical (unpaired) electrons. The fourth-order valence-corrected chi connectivity index (χ4v) is 2.33. The Hall–Kier alpha value is -2.76. The second-order valence-corrected chi connectivity index (χ2v) is 5.58. The van der Waals surface area contributed by atoms with Crippen LogP contribution in [0.2, 0.25) is 0 Å². The molecule has 0 aliphatic heterocycles. The first kappa shape index (κ1) is 18.6. The molecule has 0 spiro atoms. The van der Waals surface area contributed by atoms with E-state index in [0.717, 1.165) is 18.4 Å². The average molecular weight is 343 g/mol. The maximum atomic E-state index is 12.1. The van der Waals surface area contributed by atoms with Gasteiger partial charge >= 0.3 is 0 Å². The molecule has 2 aromatic rings. The third kappa shape index (κ3) is 5.38. The first-order chi connectivity index (χ1) is 12.2. The van der Waals surface area contributed by atoms with E-state index in [0.29, 0.717) is 36.0 Å². The summed E-state index contributed by atoms with van der Waals surface area (Å²) in [4.78, 5) is 16.4. The van der Waals surface area contributed by atoms with Gasteiger partial charge in [-0.1, -0.05) is 19.4 Å². The van der Waals surface area contributed by atoms with Gasteiger partial charge in [-0.25, -0.2) is 4.98 Å². The molecule has 1 aromatic carbocycles. The van der Waals surface area contributed by atoms with Gasteiger partial charge in [0, 0.05) is 24.8 Å². The number of unbranched alkanes of at least 4 members (excludes halogenated alkanes) is 1. The number of carbonyl (C=O) groups excluding carboxylic acids is 1. The molecule has 6 nitrogen and oxygen atoms in total. The summed E-state index contributed by atoms with van der Waals surface area (Å²) >= 11 is 0. The van der Waals surface area contributed by atoms with Crippen molar-refractivity contribution in [2.45, 2.75) is 26.3 Å². The predicted octanol–water partition coefficient (Wildman–Crippen LogP) is 3.24. The van der Waals surface area contributed by atoms with E-state index in [2.05, 4.69) is 22.5 Å². The Morgan fingerprint density at radius 1 is 1.12 bits per heavy atom. The first-order valence-electron chi connectivity index (χ1n) is 8.37. The average Bonchev–Trinajstić information content (AvgIpc) is 2.66. The van der Waals surface area contributed by atoms with Crippen LogP contribution in [0.1, 0.15) is 35.7 Å². The zero-order chi connectivity index (χ0) is 18.1. The van der Waals surface area contributed by atoms with Crippen LogP contribution in [0.25, 0.3) is 0 Å². The smallest absolute Gasteiger partial charge is 0.251 e. The van der Waals surface area contributed by atoms with Crippen molar-refractivity contribution in [3.05, 3.63) is 47.7 Å².